The Bertz CT molecular complexity index is 3150. The van der Waals surface area contributed by atoms with Gasteiger partial charge >= 0.3 is 0 Å². The fourth-order valence-corrected chi connectivity index (χ4v) is 7.68. The van der Waals surface area contributed by atoms with Crippen molar-refractivity contribution < 1.29 is 75.9 Å². The largest absolute Gasteiger partial charge is 0.506 e. The maximum atomic E-state index is 12.4. The van der Waals surface area contributed by atoms with E-state index in [1.807, 2.05) is 18.2 Å². The van der Waals surface area contributed by atoms with Crippen LogP contribution in [0.15, 0.2) is 138 Å². The van der Waals surface area contributed by atoms with E-state index in [4.69, 9.17) is 4.74 Å². The van der Waals surface area contributed by atoms with E-state index in [9.17, 15) is 59.2 Å². The Morgan fingerprint density at radius 1 is 0.656 bits per heavy atom. The van der Waals surface area contributed by atoms with Gasteiger partial charge in [-0.3, -0.25) is 23.8 Å². The number of benzene rings is 6. The summed E-state index contributed by atoms with van der Waals surface area (Å²) >= 11 is 0. The molecule has 61 heavy (non-hydrogen) atoms. The summed E-state index contributed by atoms with van der Waals surface area (Å²) in [5.41, 5.74) is -1.07. The Labute approximate surface area is 356 Å². The zero-order chi connectivity index (χ0) is 43.6. The number of hydrogen-bond acceptors (Lipinski definition) is 16. The zero-order valence-corrected chi connectivity index (χ0v) is 34.0. The van der Waals surface area contributed by atoms with Gasteiger partial charge in [-0.25, -0.2) is 0 Å². The predicted molar refractivity (Wildman–Crippen MR) is 216 cm³/mol. The topological polar surface area (TPSA) is 317 Å². The number of rotatable bonds is 13. The average molecular weight is 940 g/mol. The van der Waals surface area contributed by atoms with Crippen LogP contribution in [0.3, 0.4) is 0 Å². The SMILES string of the molecule is COc1cc(N=Nc2c(S(=O)(=O)O)cc3cc(Nc4ccccc4)ccc3c2O)c(O)cc1N=Nc1ccc(/C=C/c2ccc([N+](=O)[O-])cc2S(=O)(=O)O)c(S(=O)(=O)O)c1.[Cu]. The minimum absolute atomic E-state index is 0. The van der Waals surface area contributed by atoms with Crippen molar-refractivity contribution in [1.82, 2.24) is 0 Å². The van der Waals surface area contributed by atoms with Crippen LogP contribution in [0.2, 0.25) is 0 Å². The van der Waals surface area contributed by atoms with Crippen molar-refractivity contribution in [3.8, 4) is 17.2 Å². The number of hydrogen-bond donors (Lipinski definition) is 6. The first-order valence-corrected chi connectivity index (χ1v) is 20.9. The van der Waals surface area contributed by atoms with Crippen molar-refractivity contribution in [2.75, 3.05) is 12.4 Å². The molecule has 0 saturated heterocycles. The molecule has 0 aliphatic carbocycles. The smallest absolute Gasteiger partial charge is 0.296 e. The third kappa shape index (κ3) is 10.6. The number of phenolic OH excluding ortho intramolecular Hbond substituents is 2. The Balaban J connectivity index is 0.00000704. The molecule has 0 aromatic heterocycles. The second kappa shape index (κ2) is 17.9. The molecule has 24 heteroatoms. The number of azo groups is 2. The summed E-state index contributed by atoms with van der Waals surface area (Å²) in [5.74, 6) is -1.34. The zero-order valence-electron chi connectivity index (χ0n) is 30.6. The molecule has 0 bridgehead atoms. The molecule has 6 aromatic rings. The molecule has 0 fully saturated rings. The van der Waals surface area contributed by atoms with E-state index in [1.54, 1.807) is 24.3 Å². The molecule has 0 amide bonds. The van der Waals surface area contributed by atoms with Gasteiger partial charge in [0, 0.05) is 58.1 Å². The standard InChI is InChI=1S/C37H28N6O14S3.Cu/c1-57-32-20-29(40-42-36-35(60(54,55)56)16-23-15-25(12-14-28(23)37(36)45)38-24-5-3-2-4-6-24)31(44)19-30(32)41-39-26-11-9-21(33(17-26)58(48,49)50)7-8-22-10-13-27(43(46)47)18-34(22)59(51,52)53;/h2-20,38,44-45H,1H3,(H,48,49,50)(H,51,52,53)(H,54,55,56);/b8-7+,41-39?,42-40?;. The number of nitro benzene ring substituents is 1. The third-order valence-electron chi connectivity index (χ3n) is 8.40. The van der Waals surface area contributed by atoms with Crippen LogP contribution in [0.1, 0.15) is 11.1 Å². The number of para-hydroxylation sites is 1. The van der Waals surface area contributed by atoms with Crippen molar-refractivity contribution in [3.63, 3.8) is 0 Å². The van der Waals surface area contributed by atoms with Crippen LogP contribution in [-0.4, -0.2) is 61.2 Å². The van der Waals surface area contributed by atoms with E-state index < -0.39 is 72.8 Å². The first kappa shape index (κ1) is 45.5. The Kier molecular flexibility index (Phi) is 13.4. The summed E-state index contributed by atoms with van der Waals surface area (Å²) < 4.78 is 108. The molecule has 0 unspecified atom stereocenters. The Morgan fingerprint density at radius 2 is 1.26 bits per heavy atom. The number of fused-ring (bicyclic) bond motifs is 1. The van der Waals surface area contributed by atoms with Crippen LogP contribution >= 0.6 is 0 Å². The maximum absolute atomic E-state index is 12.4. The number of nitro groups is 1. The van der Waals surface area contributed by atoms with Gasteiger partial charge < -0.3 is 20.3 Å². The van der Waals surface area contributed by atoms with Crippen molar-refractivity contribution in [1.29, 1.82) is 0 Å². The number of nitrogens with one attached hydrogen (secondary N) is 1. The Hall–Kier alpha value is -6.63. The minimum atomic E-state index is -4.99. The van der Waals surface area contributed by atoms with Crippen molar-refractivity contribution in [2.24, 2.45) is 20.5 Å². The molecule has 6 N–H and O–H groups in total. The molecule has 0 atom stereocenters. The quantitative estimate of drug-likeness (QED) is 0.0158. The van der Waals surface area contributed by atoms with Gasteiger partial charge in [-0.05, 0) is 71.1 Å². The minimum Gasteiger partial charge on any atom is -0.506 e. The molecule has 6 rings (SSSR count). The molecule has 0 aliphatic rings. The van der Waals surface area contributed by atoms with Gasteiger partial charge in [0.25, 0.3) is 36.0 Å². The molecule has 319 valence electrons. The molecular weight excluding hydrogens is 912 g/mol. The van der Waals surface area contributed by atoms with Crippen LogP contribution in [0.4, 0.5) is 39.8 Å². The predicted octanol–water partition coefficient (Wildman–Crippen LogP) is 8.65. The fraction of sp³-hybridized carbons (Fsp3) is 0.0270. The van der Waals surface area contributed by atoms with Crippen molar-refractivity contribution in [2.45, 2.75) is 14.7 Å². The first-order chi connectivity index (χ1) is 28.2. The molecule has 0 spiro atoms. The average Bonchev–Trinajstić information content (AvgIpc) is 3.18. The van der Waals surface area contributed by atoms with Gasteiger partial charge in [0.1, 0.15) is 43.2 Å². The summed E-state index contributed by atoms with van der Waals surface area (Å²) in [5, 5.41) is 52.2. The number of phenols is 2. The van der Waals surface area contributed by atoms with E-state index in [1.165, 1.54) is 19.2 Å². The van der Waals surface area contributed by atoms with E-state index in [-0.39, 0.29) is 61.8 Å². The normalized spacial score (nSPS) is 12.3. The molecule has 1 radical (unpaired) electrons. The van der Waals surface area contributed by atoms with E-state index >= 15 is 0 Å². The summed E-state index contributed by atoms with van der Waals surface area (Å²) in [6.07, 6.45) is 2.10. The number of ether oxygens (including phenoxy) is 1. The maximum Gasteiger partial charge on any atom is 0.296 e. The fourth-order valence-electron chi connectivity index (χ4n) is 5.62. The van der Waals surface area contributed by atoms with Crippen molar-refractivity contribution in [3.05, 3.63) is 124 Å². The van der Waals surface area contributed by atoms with Gasteiger partial charge in [0.15, 0.2) is 5.75 Å². The van der Waals surface area contributed by atoms with Crippen LogP contribution < -0.4 is 10.1 Å². The van der Waals surface area contributed by atoms with Gasteiger partial charge in [0.05, 0.1) is 17.7 Å². The van der Waals surface area contributed by atoms with Crippen LogP contribution in [0.5, 0.6) is 17.2 Å². The number of nitrogens with zero attached hydrogens (tertiary/aromatic N) is 5. The second-order valence-corrected chi connectivity index (χ2v) is 16.5. The first-order valence-electron chi connectivity index (χ1n) is 16.6. The van der Waals surface area contributed by atoms with Crippen molar-refractivity contribution >= 4 is 93.1 Å². The van der Waals surface area contributed by atoms with Gasteiger partial charge in [-0.2, -0.15) is 30.4 Å². The summed E-state index contributed by atoms with van der Waals surface area (Å²) in [6.45, 7) is 0. The van der Waals surface area contributed by atoms with Crippen LogP contribution in [0.25, 0.3) is 22.9 Å². The number of non-ortho nitro benzene ring substituents is 1. The van der Waals surface area contributed by atoms with E-state index in [0.29, 0.717) is 11.8 Å². The number of aromatic hydroxyl groups is 2. The van der Waals surface area contributed by atoms with E-state index in [2.05, 4.69) is 25.8 Å². The molecule has 0 saturated carbocycles. The van der Waals surface area contributed by atoms with Gasteiger partial charge in [-0.15, -0.1) is 15.3 Å². The van der Waals surface area contributed by atoms with Gasteiger partial charge in [-0.1, -0.05) is 36.4 Å². The molecule has 6 aromatic carbocycles. The Morgan fingerprint density at radius 3 is 1.87 bits per heavy atom. The number of anilines is 2. The molecule has 0 heterocycles. The monoisotopic (exact) mass is 939 g/mol. The second-order valence-electron chi connectivity index (χ2n) is 12.4. The molecule has 0 aliphatic heterocycles. The van der Waals surface area contributed by atoms with Crippen LogP contribution in [0, 0.1) is 10.1 Å². The summed E-state index contributed by atoms with van der Waals surface area (Å²) in [7, 11) is -13.7. The van der Waals surface area contributed by atoms with Crippen LogP contribution in [-0.2, 0) is 47.4 Å². The third-order valence-corrected chi connectivity index (χ3v) is 11.1. The number of methoxy groups -OCH3 is 1. The summed E-state index contributed by atoms with van der Waals surface area (Å²) in [4.78, 5) is 7.88. The molecule has 20 nitrogen and oxygen atoms in total. The molecular formula is C37H28CuN6O14S3. The van der Waals surface area contributed by atoms with Gasteiger partial charge in [0.2, 0.25) is 0 Å². The van der Waals surface area contributed by atoms with E-state index in [0.717, 1.165) is 60.3 Å². The summed E-state index contributed by atoms with van der Waals surface area (Å²) in [6, 6.07) is 22.8.